The van der Waals surface area contributed by atoms with E-state index in [9.17, 15) is 4.79 Å². The van der Waals surface area contributed by atoms with Crippen LogP contribution < -0.4 is 9.64 Å². The van der Waals surface area contributed by atoms with E-state index >= 15 is 0 Å². The van der Waals surface area contributed by atoms with Gasteiger partial charge in [-0.3, -0.25) is 0 Å². The number of esters is 1. The van der Waals surface area contributed by atoms with E-state index in [0.717, 1.165) is 29.2 Å². The van der Waals surface area contributed by atoms with E-state index in [1.54, 1.807) is 23.9 Å². The Hall–Kier alpha value is -3.39. The van der Waals surface area contributed by atoms with E-state index in [1.807, 2.05) is 42.6 Å². The quantitative estimate of drug-likeness (QED) is 0.595. The van der Waals surface area contributed by atoms with Gasteiger partial charge in [-0.05, 0) is 29.8 Å². The molecule has 2 aromatic carbocycles. The van der Waals surface area contributed by atoms with E-state index in [2.05, 4.69) is 15.2 Å². The Labute approximate surface area is 168 Å². The van der Waals surface area contributed by atoms with Crippen LogP contribution in [0.5, 0.6) is 5.75 Å². The van der Waals surface area contributed by atoms with Gasteiger partial charge in [-0.25, -0.2) is 9.48 Å². The fourth-order valence-electron chi connectivity index (χ4n) is 3.37. The Morgan fingerprint density at radius 2 is 2.07 bits per heavy atom. The SMILES string of the molecule is COC(=O)c1cccc(Cn2cc(C3OCCN3c3cccc(OC)c3)nn2)c1. The van der Waals surface area contributed by atoms with Crippen molar-refractivity contribution in [2.45, 2.75) is 12.8 Å². The maximum absolute atomic E-state index is 11.7. The third-order valence-electron chi connectivity index (χ3n) is 4.78. The standard InChI is InChI=1S/C21H22N4O4/c1-27-18-8-4-7-17(12-18)25-9-10-29-20(25)19-14-24(23-22-19)13-15-5-3-6-16(11-15)21(26)28-2/h3-8,11-12,14,20H,9-10,13H2,1-2H3. The van der Waals surface area contributed by atoms with Crippen molar-refractivity contribution in [3.05, 3.63) is 71.5 Å². The molecule has 1 aromatic heterocycles. The van der Waals surface area contributed by atoms with Gasteiger partial charge in [-0.2, -0.15) is 0 Å². The molecule has 1 unspecified atom stereocenters. The van der Waals surface area contributed by atoms with Gasteiger partial charge in [-0.15, -0.1) is 5.10 Å². The fraction of sp³-hybridized carbons (Fsp3) is 0.286. The molecule has 0 radical (unpaired) electrons. The highest BCUT2D eigenvalue weighted by Crippen LogP contribution is 2.32. The van der Waals surface area contributed by atoms with Crippen LogP contribution in [0.1, 0.15) is 27.8 Å². The largest absolute Gasteiger partial charge is 0.497 e. The Morgan fingerprint density at radius 3 is 2.90 bits per heavy atom. The molecule has 2 heterocycles. The van der Waals surface area contributed by atoms with Gasteiger partial charge < -0.3 is 19.1 Å². The first-order valence-corrected chi connectivity index (χ1v) is 9.27. The van der Waals surface area contributed by atoms with Gasteiger partial charge >= 0.3 is 5.97 Å². The predicted octanol–water partition coefficient (Wildman–Crippen LogP) is 2.66. The number of hydrogen-bond acceptors (Lipinski definition) is 7. The lowest BCUT2D eigenvalue weighted by Gasteiger charge is -2.23. The Kier molecular flexibility index (Phi) is 5.44. The highest BCUT2D eigenvalue weighted by Gasteiger charge is 2.30. The molecular weight excluding hydrogens is 372 g/mol. The second-order valence-electron chi connectivity index (χ2n) is 6.65. The van der Waals surface area contributed by atoms with Crippen LogP contribution in [0.4, 0.5) is 5.69 Å². The highest BCUT2D eigenvalue weighted by atomic mass is 16.5. The number of methoxy groups -OCH3 is 2. The maximum Gasteiger partial charge on any atom is 0.337 e. The highest BCUT2D eigenvalue weighted by molar-refractivity contribution is 5.89. The molecule has 1 aliphatic heterocycles. The summed E-state index contributed by atoms with van der Waals surface area (Å²) in [6.07, 6.45) is 1.56. The van der Waals surface area contributed by atoms with Crippen molar-refractivity contribution >= 4 is 11.7 Å². The second-order valence-corrected chi connectivity index (χ2v) is 6.65. The van der Waals surface area contributed by atoms with Gasteiger partial charge in [0.1, 0.15) is 11.4 Å². The minimum atomic E-state index is -0.362. The third-order valence-corrected chi connectivity index (χ3v) is 4.78. The summed E-state index contributed by atoms with van der Waals surface area (Å²) in [7, 11) is 3.02. The molecule has 0 spiro atoms. The molecule has 0 saturated carbocycles. The number of nitrogens with zero attached hydrogens (tertiary/aromatic N) is 4. The summed E-state index contributed by atoms with van der Waals surface area (Å²) in [6, 6.07) is 15.1. The molecule has 4 rings (SSSR count). The van der Waals surface area contributed by atoms with Crippen molar-refractivity contribution in [3.63, 3.8) is 0 Å². The van der Waals surface area contributed by atoms with Crippen molar-refractivity contribution in [1.29, 1.82) is 0 Å². The lowest BCUT2D eigenvalue weighted by atomic mass is 10.1. The smallest absolute Gasteiger partial charge is 0.337 e. The van der Waals surface area contributed by atoms with Crippen LogP contribution in [0.15, 0.2) is 54.7 Å². The van der Waals surface area contributed by atoms with Gasteiger partial charge in [0.25, 0.3) is 0 Å². The van der Waals surface area contributed by atoms with Crippen molar-refractivity contribution < 1.29 is 19.0 Å². The monoisotopic (exact) mass is 394 g/mol. The average molecular weight is 394 g/mol. The zero-order chi connectivity index (χ0) is 20.2. The number of hydrogen-bond donors (Lipinski definition) is 0. The van der Waals surface area contributed by atoms with Crippen LogP contribution in [0, 0.1) is 0 Å². The molecular formula is C21H22N4O4. The van der Waals surface area contributed by atoms with Gasteiger partial charge in [0, 0.05) is 18.3 Å². The third kappa shape index (κ3) is 4.07. The molecule has 1 aliphatic rings. The molecule has 29 heavy (non-hydrogen) atoms. The molecule has 1 atom stereocenters. The normalized spacial score (nSPS) is 16.1. The average Bonchev–Trinajstić information content (AvgIpc) is 3.43. The maximum atomic E-state index is 11.7. The summed E-state index contributed by atoms with van der Waals surface area (Å²) in [5, 5.41) is 8.54. The number of ether oxygens (including phenoxy) is 3. The molecule has 1 fully saturated rings. The van der Waals surface area contributed by atoms with Crippen molar-refractivity contribution in [2.75, 3.05) is 32.3 Å². The van der Waals surface area contributed by atoms with Crippen LogP contribution in [-0.4, -0.2) is 48.3 Å². The molecule has 0 amide bonds. The zero-order valence-corrected chi connectivity index (χ0v) is 16.3. The molecule has 0 aliphatic carbocycles. The Bertz CT molecular complexity index is 1000. The molecule has 3 aromatic rings. The summed E-state index contributed by atoms with van der Waals surface area (Å²) >= 11 is 0. The van der Waals surface area contributed by atoms with Crippen molar-refractivity contribution in [3.8, 4) is 5.75 Å². The van der Waals surface area contributed by atoms with E-state index in [0.29, 0.717) is 18.7 Å². The van der Waals surface area contributed by atoms with Gasteiger partial charge in [0.2, 0.25) is 0 Å². The summed E-state index contributed by atoms with van der Waals surface area (Å²) < 4.78 is 17.8. The second kappa shape index (κ2) is 8.32. The van der Waals surface area contributed by atoms with E-state index in [4.69, 9.17) is 14.2 Å². The molecule has 1 saturated heterocycles. The molecule has 0 bridgehead atoms. The summed E-state index contributed by atoms with van der Waals surface area (Å²) in [6.45, 7) is 1.85. The van der Waals surface area contributed by atoms with E-state index in [-0.39, 0.29) is 12.2 Å². The predicted molar refractivity (Wildman–Crippen MR) is 106 cm³/mol. The van der Waals surface area contributed by atoms with Gasteiger partial charge in [0.05, 0.1) is 39.1 Å². The lowest BCUT2D eigenvalue weighted by Crippen LogP contribution is -2.23. The lowest BCUT2D eigenvalue weighted by molar-refractivity contribution is 0.0600. The Balaban J connectivity index is 1.52. The number of aromatic nitrogens is 3. The number of benzene rings is 2. The van der Waals surface area contributed by atoms with Crippen LogP contribution >= 0.6 is 0 Å². The van der Waals surface area contributed by atoms with Crippen molar-refractivity contribution in [1.82, 2.24) is 15.0 Å². The molecule has 8 nitrogen and oxygen atoms in total. The van der Waals surface area contributed by atoms with E-state index < -0.39 is 0 Å². The number of carbonyl (C=O) groups excluding carboxylic acids is 1. The van der Waals surface area contributed by atoms with Gasteiger partial charge in [-0.1, -0.05) is 23.4 Å². The summed E-state index contributed by atoms with van der Waals surface area (Å²) in [5.74, 6) is 0.432. The zero-order valence-electron chi connectivity index (χ0n) is 16.3. The first kappa shape index (κ1) is 18.9. The van der Waals surface area contributed by atoms with Crippen molar-refractivity contribution in [2.24, 2.45) is 0 Å². The topological polar surface area (TPSA) is 78.7 Å². The molecule has 0 N–H and O–H groups in total. The minimum absolute atomic E-state index is 0.308. The fourth-order valence-corrected chi connectivity index (χ4v) is 3.37. The van der Waals surface area contributed by atoms with Crippen LogP contribution in [-0.2, 0) is 16.0 Å². The van der Waals surface area contributed by atoms with Gasteiger partial charge in [0.15, 0.2) is 6.23 Å². The number of anilines is 1. The summed E-state index contributed by atoms with van der Waals surface area (Å²) in [5.41, 5.74) is 3.18. The first-order chi connectivity index (χ1) is 14.2. The first-order valence-electron chi connectivity index (χ1n) is 9.27. The molecule has 8 heteroatoms. The number of carbonyl (C=O) groups is 1. The number of rotatable bonds is 6. The Morgan fingerprint density at radius 1 is 1.21 bits per heavy atom. The molecule has 150 valence electrons. The summed E-state index contributed by atoms with van der Waals surface area (Å²) in [4.78, 5) is 13.9. The van der Waals surface area contributed by atoms with E-state index in [1.165, 1.54) is 7.11 Å². The van der Waals surface area contributed by atoms with Crippen LogP contribution in [0.2, 0.25) is 0 Å². The van der Waals surface area contributed by atoms with Crippen LogP contribution in [0.3, 0.4) is 0 Å². The minimum Gasteiger partial charge on any atom is -0.497 e. The van der Waals surface area contributed by atoms with Crippen LogP contribution in [0.25, 0.3) is 0 Å².